The first kappa shape index (κ1) is 32.7. The van der Waals surface area contributed by atoms with Gasteiger partial charge in [-0.05, 0) is 77.0 Å². The molecule has 0 aliphatic heterocycles. The lowest BCUT2D eigenvalue weighted by atomic mass is 9.66. The third kappa shape index (κ3) is 6.95. The molecule has 0 atom stereocenters. The molecule has 2 rings (SSSR count). The molecule has 0 aliphatic carbocycles. The zero-order valence-electron chi connectivity index (χ0n) is 28.9. The van der Waals surface area contributed by atoms with Crippen molar-refractivity contribution in [1.29, 1.82) is 0 Å². The second-order valence-electron chi connectivity index (χ2n) is 18.2. The van der Waals surface area contributed by atoms with Gasteiger partial charge in [-0.2, -0.15) is 0 Å². The minimum atomic E-state index is 0.0557. The van der Waals surface area contributed by atoms with Gasteiger partial charge in [0.25, 0.3) is 0 Å². The normalized spacial score (nSPS) is 14.4. The summed E-state index contributed by atoms with van der Waals surface area (Å²) in [6.45, 7) is 45.2. The molecule has 0 radical (unpaired) electrons. The van der Waals surface area contributed by atoms with E-state index in [-0.39, 0.29) is 32.5 Å². The van der Waals surface area contributed by atoms with Crippen molar-refractivity contribution in [3.63, 3.8) is 0 Å². The molecule has 0 amide bonds. The first-order valence-electron chi connectivity index (χ1n) is 15.0. The summed E-state index contributed by atoms with van der Waals surface area (Å²) in [5.41, 5.74) is 12.3. The monoisotopic (exact) mass is 518 g/mol. The Kier molecular flexibility index (Phi) is 8.43. The molecule has 0 N–H and O–H groups in total. The molecule has 2 aromatic rings. The summed E-state index contributed by atoms with van der Waals surface area (Å²) in [6.07, 6.45) is 0. The Morgan fingerprint density at radius 2 is 0.500 bits per heavy atom. The van der Waals surface area contributed by atoms with Crippen molar-refractivity contribution in [3.8, 4) is 0 Å². The van der Waals surface area contributed by atoms with E-state index in [1.807, 2.05) is 0 Å². The molecule has 0 aromatic heterocycles. The zero-order valence-corrected chi connectivity index (χ0v) is 28.9. The van der Waals surface area contributed by atoms with Crippen molar-refractivity contribution in [2.45, 2.75) is 170 Å². The van der Waals surface area contributed by atoms with Crippen molar-refractivity contribution in [2.75, 3.05) is 0 Å². The summed E-state index contributed by atoms with van der Waals surface area (Å²) in [6, 6.07) is 10.3. The van der Waals surface area contributed by atoms with Gasteiger partial charge < -0.3 is 0 Å². The quantitative estimate of drug-likeness (QED) is 0.371. The zero-order chi connectivity index (χ0) is 30.0. The predicted molar refractivity (Wildman–Crippen MR) is 173 cm³/mol. The lowest BCUT2D eigenvalue weighted by molar-refractivity contribution is 0.514. The van der Waals surface area contributed by atoms with Crippen molar-refractivity contribution in [3.05, 3.63) is 68.8 Å². The lowest BCUT2D eigenvalue weighted by Gasteiger charge is -2.38. The first-order chi connectivity index (χ1) is 16.6. The molecule has 0 aliphatic rings. The first-order valence-corrected chi connectivity index (χ1v) is 15.0. The maximum atomic E-state index is 2.59. The fourth-order valence-electron chi connectivity index (χ4n) is 5.90. The fraction of sp³-hybridized carbons (Fsp3) is 0.684. The summed E-state index contributed by atoms with van der Waals surface area (Å²) in [7, 11) is 0. The molecular weight excluding hydrogens is 456 g/mol. The molecule has 38 heavy (non-hydrogen) atoms. The van der Waals surface area contributed by atoms with Crippen molar-refractivity contribution in [1.82, 2.24) is 0 Å². The summed E-state index contributed by atoms with van der Waals surface area (Å²) >= 11 is 0. The Morgan fingerprint density at radius 1 is 0.316 bits per heavy atom. The Balaban J connectivity index is 3.11. The van der Waals surface area contributed by atoms with Gasteiger partial charge in [0.1, 0.15) is 0 Å². The van der Waals surface area contributed by atoms with Crippen LogP contribution >= 0.6 is 0 Å². The number of benzene rings is 2. The van der Waals surface area contributed by atoms with Crippen molar-refractivity contribution in [2.24, 2.45) is 0 Å². The molecule has 214 valence electrons. The van der Waals surface area contributed by atoms with Gasteiger partial charge in [-0.25, -0.2) is 0 Å². The van der Waals surface area contributed by atoms with Crippen LogP contribution in [0.4, 0.5) is 0 Å². The third-order valence-corrected chi connectivity index (χ3v) is 8.16. The highest BCUT2D eigenvalue weighted by atomic mass is 14.4. The van der Waals surface area contributed by atoms with Crippen LogP contribution in [0.5, 0.6) is 0 Å². The Morgan fingerprint density at radius 3 is 0.684 bits per heavy atom. The van der Waals surface area contributed by atoms with Crippen LogP contribution in [0.15, 0.2) is 24.3 Å². The number of rotatable bonds is 2. The number of hydrogen-bond acceptors (Lipinski definition) is 0. The highest BCUT2D eigenvalue weighted by molar-refractivity contribution is 5.55. The number of hydrogen-bond donors (Lipinski definition) is 0. The van der Waals surface area contributed by atoms with Crippen LogP contribution in [0.3, 0.4) is 0 Å². The minimum Gasteiger partial charge on any atom is -0.0561 e. The molecule has 0 bridgehead atoms. The molecule has 0 fully saturated rings. The van der Waals surface area contributed by atoms with Gasteiger partial charge in [0, 0.05) is 5.92 Å². The molecular formula is C38H62. The molecule has 0 unspecified atom stereocenters. The largest absolute Gasteiger partial charge is 0.0561 e. The van der Waals surface area contributed by atoms with Crippen molar-refractivity contribution < 1.29 is 0 Å². The van der Waals surface area contributed by atoms with E-state index in [0.29, 0.717) is 5.92 Å². The maximum absolute atomic E-state index is 2.59. The van der Waals surface area contributed by atoms with Crippen LogP contribution in [-0.2, 0) is 32.5 Å². The van der Waals surface area contributed by atoms with Gasteiger partial charge in [-0.3, -0.25) is 0 Å². The summed E-state index contributed by atoms with van der Waals surface area (Å²) in [4.78, 5) is 0. The van der Waals surface area contributed by atoms with Gasteiger partial charge in [0.15, 0.2) is 0 Å². The Bertz CT molecular complexity index is 1050. The van der Waals surface area contributed by atoms with E-state index < -0.39 is 0 Å². The summed E-state index contributed by atoms with van der Waals surface area (Å²) < 4.78 is 0. The van der Waals surface area contributed by atoms with E-state index in [9.17, 15) is 0 Å². The van der Waals surface area contributed by atoms with E-state index in [2.05, 4.69) is 156 Å². The van der Waals surface area contributed by atoms with Gasteiger partial charge in [0.2, 0.25) is 0 Å². The van der Waals surface area contributed by atoms with E-state index in [1.54, 1.807) is 0 Å². The van der Waals surface area contributed by atoms with E-state index in [1.165, 1.54) is 44.5 Å². The van der Waals surface area contributed by atoms with Crippen LogP contribution in [0.1, 0.15) is 182 Å². The Hall–Kier alpha value is -1.56. The molecule has 2 aromatic carbocycles. The van der Waals surface area contributed by atoms with Gasteiger partial charge in [-0.1, -0.05) is 156 Å². The maximum Gasteiger partial charge on any atom is 0.00670 e. The average molecular weight is 519 g/mol. The molecule has 0 heterocycles. The minimum absolute atomic E-state index is 0.0557. The molecule has 0 nitrogen and oxygen atoms in total. The predicted octanol–water partition coefficient (Wildman–Crippen LogP) is 11.6. The standard InChI is InChI=1S/C38H62/c1-24(25-20-29(35(8,9)10)31(37(14,15)16)22-27(25)33(2,3)4)26-21-30(36(11,12)13)32(38(17,18)19)23-28(26)34(5,6)7/h20-24H,1-19H3. The van der Waals surface area contributed by atoms with E-state index in [0.717, 1.165) is 0 Å². The molecule has 0 spiro atoms. The average Bonchev–Trinajstić information content (AvgIpc) is 2.67. The van der Waals surface area contributed by atoms with Crippen LogP contribution in [0.25, 0.3) is 0 Å². The van der Waals surface area contributed by atoms with Gasteiger partial charge >= 0.3 is 0 Å². The van der Waals surface area contributed by atoms with Gasteiger partial charge in [0.05, 0.1) is 0 Å². The SMILES string of the molecule is CC(c1cc(C(C)(C)C)c(C(C)(C)C)cc1C(C)(C)C)c1cc(C(C)(C)C)c(C(C)(C)C)cc1C(C)(C)C. The highest BCUT2D eigenvalue weighted by Crippen LogP contribution is 2.46. The van der Waals surface area contributed by atoms with Crippen LogP contribution in [-0.4, -0.2) is 0 Å². The van der Waals surface area contributed by atoms with Crippen LogP contribution in [0.2, 0.25) is 0 Å². The molecule has 0 heteroatoms. The topological polar surface area (TPSA) is 0 Å². The third-order valence-electron chi connectivity index (χ3n) is 8.16. The highest BCUT2D eigenvalue weighted by Gasteiger charge is 2.34. The summed E-state index contributed by atoms with van der Waals surface area (Å²) in [5.74, 6) is 0.295. The van der Waals surface area contributed by atoms with Crippen molar-refractivity contribution >= 4 is 0 Å². The Labute approximate surface area is 238 Å². The van der Waals surface area contributed by atoms with E-state index in [4.69, 9.17) is 0 Å². The fourth-order valence-corrected chi connectivity index (χ4v) is 5.90. The van der Waals surface area contributed by atoms with Crippen LogP contribution in [0, 0.1) is 0 Å². The molecule has 0 saturated carbocycles. The lowest BCUT2D eigenvalue weighted by Crippen LogP contribution is -2.28. The van der Waals surface area contributed by atoms with Crippen LogP contribution < -0.4 is 0 Å². The van der Waals surface area contributed by atoms with Gasteiger partial charge in [-0.15, -0.1) is 0 Å². The van der Waals surface area contributed by atoms with E-state index >= 15 is 0 Å². The second kappa shape index (κ2) is 9.82. The second-order valence-corrected chi connectivity index (χ2v) is 18.2. The smallest absolute Gasteiger partial charge is 0.00670 e. The summed E-state index contributed by atoms with van der Waals surface area (Å²) in [5, 5.41) is 0. The molecule has 0 saturated heterocycles.